The zero-order valence-corrected chi connectivity index (χ0v) is 21.0. The zero-order chi connectivity index (χ0) is 26.5. The number of rotatable bonds is 3. The quantitative estimate of drug-likeness (QED) is 0.467. The molecule has 9 heteroatoms. The molecule has 1 saturated heterocycles. The topological polar surface area (TPSA) is 70.7 Å². The molecule has 3 heterocycles. The molecule has 0 bridgehead atoms. The van der Waals surface area contributed by atoms with Gasteiger partial charge in [0.2, 0.25) is 11.8 Å². The van der Waals surface area contributed by atoms with Gasteiger partial charge in [-0.3, -0.25) is 9.59 Å². The molecule has 0 radical (unpaired) electrons. The molecule has 37 heavy (non-hydrogen) atoms. The Morgan fingerprint density at radius 1 is 1.08 bits per heavy atom. The van der Waals surface area contributed by atoms with Gasteiger partial charge in [0.25, 0.3) is 0 Å². The van der Waals surface area contributed by atoms with Gasteiger partial charge in [0.15, 0.2) is 0 Å². The molecule has 3 unspecified atom stereocenters. The van der Waals surface area contributed by atoms with Gasteiger partial charge < -0.3 is 20.3 Å². The van der Waals surface area contributed by atoms with E-state index in [0.717, 1.165) is 22.3 Å². The number of nitrogens with zero attached hydrogens (tertiary/aromatic N) is 1. The van der Waals surface area contributed by atoms with Crippen molar-refractivity contribution in [2.24, 2.45) is 11.8 Å². The molecule has 2 amide bonds. The first-order valence-electron chi connectivity index (χ1n) is 12.4. The van der Waals surface area contributed by atoms with Crippen LogP contribution in [0, 0.1) is 25.7 Å². The van der Waals surface area contributed by atoms with Crippen molar-refractivity contribution in [1.29, 1.82) is 0 Å². The Morgan fingerprint density at radius 3 is 2.24 bits per heavy atom. The Kier molecular flexibility index (Phi) is 6.52. The number of hydrogen-bond donors (Lipinski definition) is 2. The molecule has 196 valence electrons. The molecule has 0 saturated carbocycles. The number of alkyl halides is 3. The number of amides is 2. The van der Waals surface area contributed by atoms with Crippen LogP contribution in [0.1, 0.15) is 41.1 Å². The van der Waals surface area contributed by atoms with Gasteiger partial charge in [-0.1, -0.05) is 35.9 Å². The number of halogens is 3. The molecule has 2 aromatic carbocycles. The van der Waals surface area contributed by atoms with Crippen molar-refractivity contribution in [3.8, 4) is 11.5 Å². The number of benzene rings is 2. The lowest BCUT2D eigenvalue weighted by molar-refractivity contribution is -0.179. The molecule has 5 rings (SSSR count). The maximum absolute atomic E-state index is 13.9. The fraction of sp³-hybridized carbons (Fsp3) is 0.429. The second-order valence-corrected chi connectivity index (χ2v) is 10.3. The number of hydrogen-bond acceptors (Lipinski definition) is 4. The van der Waals surface area contributed by atoms with Gasteiger partial charge >= 0.3 is 6.18 Å². The summed E-state index contributed by atoms with van der Waals surface area (Å²) >= 11 is 0. The van der Waals surface area contributed by atoms with Crippen LogP contribution in [0.4, 0.5) is 13.2 Å². The fourth-order valence-corrected chi connectivity index (χ4v) is 5.50. The number of carbonyl (C=O) groups excluding carboxylic acids is 2. The van der Waals surface area contributed by atoms with Crippen LogP contribution in [-0.2, 0) is 9.59 Å². The summed E-state index contributed by atoms with van der Waals surface area (Å²) in [5.74, 6) is -2.52. The third kappa shape index (κ3) is 4.97. The lowest BCUT2D eigenvalue weighted by atomic mass is 9.76. The predicted octanol–water partition coefficient (Wildman–Crippen LogP) is 4.56. The largest absolute Gasteiger partial charge is 0.457 e. The van der Waals surface area contributed by atoms with Crippen molar-refractivity contribution in [2.75, 3.05) is 20.1 Å². The summed E-state index contributed by atoms with van der Waals surface area (Å²) in [6.45, 7) is 5.04. The predicted molar refractivity (Wildman–Crippen MR) is 132 cm³/mol. The van der Waals surface area contributed by atoms with Crippen molar-refractivity contribution in [2.45, 2.75) is 44.9 Å². The van der Waals surface area contributed by atoms with Gasteiger partial charge in [0.1, 0.15) is 23.5 Å². The monoisotopic (exact) mass is 513 g/mol. The lowest BCUT2D eigenvalue weighted by Crippen LogP contribution is -2.59. The number of fused-ring (bicyclic) bond motifs is 2. The standard InChI is InChI=1S/C28H30F3N3O3/c1-15-4-6-18-22(12-15)37-23-13-16(2)5-7-19(23)24(18)32-26(35)21-14-20(17-8-10-34(3)11-9-17)25(28(29,30)31)33-27(21)36/h4-8,12-13,20-21,24-25H,9-11,14H2,1-3H3,(H,32,35)(H,33,36). The molecule has 3 aliphatic heterocycles. The van der Waals surface area contributed by atoms with E-state index in [1.165, 1.54) is 0 Å². The van der Waals surface area contributed by atoms with E-state index in [-0.39, 0.29) is 6.42 Å². The molecule has 0 aliphatic carbocycles. The van der Waals surface area contributed by atoms with Crippen molar-refractivity contribution in [1.82, 2.24) is 15.5 Å². The molecule has 0 spiro atoms. The highest BCUT2D eigenvalue weighted by Gasteiger charge is 2.52. The summed E-state index contributed by atoms with van der Waals surface area (Å²) in [7, 11) is 1.90. The Hall–Kier alpha value is -3.33. The lowest BCUT2D eigenvalue weighted by Gasteiger charge is -2.40. The van der Waals surface area contributed by atoms with E-state index < -0.39 is 41.9 Å². The van der Waals surface area contributed by atoms with E-state index in [1.807, 2.05) is 62.2 Å². The minimum atomic E-state index is -4.61. The number of aryl methyl sites for hydroxylation is 2. The van der Waals surface area contributed by atoms with Crippen molar-refractivity contribution < 1.29 is 27.5 Å². The zero-order valence-electron chi connectivity index (χ0n) is 21.0. The molecular formula is C28H30F3N3O3. The van der Waals surface area contributed by atoms with Gasteiger partial charge in [-0.25, -0.2) is 0 Å². The molecule has 6 nitrogen and oxygen atoms in total. The number of likely N-dealkylation sites (N-methyl/N-ethyl adjacent to an activating group) is 1. The van der Waals surface area contributed by atoms with E-state index in [2.05, 4.69) is 10.6 Å². The Bertz CT molecular complexity index is 1220. The highest BCUT2D eigenvalue weighted by atomic mass is 19.4. The van der Waals surface area contributed by atoms with Crippen LogP contribution < -0.4 is 15.4 Å². The first-order valence-corrected chi connectivity index (χ1v) is 12.4. The Morgan fingerprint density at radius 2 is 1.70 bits per heavy atom. The molecule has 2 N–H and O–H groups in total. The molecule has 3 aliphatic rings. The van der Waals surface area contributed by atoms with Crippen LogP contribution in [0.3, 0.4) is 0 Å². The van der Waals surface area contributed by atoms with Crippen LogP contribution in [0.5, 0.6) is 11.5 Å². The first kappa shape index (κ1) is 25.3. The van der Waals surface area contributed by atoms with Crippen molar-refractivity contribution in [3.63, 3.8) is 0 Å². The molecular weight excluding hydrogens is 483 g/mol. The maximum Gasteiger partial charge on any atom is 0.409 e. The minimum absolute atomic E-state index is 0.192. The van der Waals surface area contributed by atoms with E-state index in [0.29, 0.717) is 36.6 Å². The average molecular weight is 514 g/mol. The number of ether oxygens (including phenoxy) is 1. The fourth-order valence-electron chi connectivity index (χ4n) is 5.50. The molecule has 1 fully saturated rings. The maximum atomic E-state index is 13.9. The van der Waals surface area contributed by atoms with E-state index in [9.17, 15) is 22.8 Å². The number of nitrogens with one attached hydrogen (secondary N) is 2. The third-order valence-electron chi connectivity index (χ3n) is 7.57. The van der Waals surface area contributed by atoms with Crippen molar-refractivity contribution in [3.05, 3.63) is 70.3 Å². The summed E-state index contributed by atoms with van der Waals surface area (Å²) in [4.78, 5) is 28.4. The van der Waals surface area contributed by atoms with E-state index >= 15 is 0 Å². The van der Waals surface area contributed by atoms with Crippen LogP contribution >= 0.6 is 0 Å². The third-order valence-corrected chi connectivity index (χ3v) is 7.57. The number of piperidine rings is 1. The molecule has 3 atom stereocenters. The summed E-state index contributed by atoms with van der Waals surface area (Å²) in [6, 6.07) is 8.70. The smallest absolute Gasteiger partial charge is 0.409 e. The minimum Gasteiger partial charge on any atom is -0.457 e. The Labute approximate surface area is 213 Å². The summed E-state index contributed by atoms with van der Waals surface area (Å²) in [6.07, 6.45) is -2.53. The Balaban J connectivity index is 1.45. The molecule has 2 aromatic rings. The second-order valence-electron chi connectivity index (χ2n) is 10.3. The highest BCUT2D eigenvalue weighted by Crippen LogP contribution is 2.44. The number of carbonyl (C=O) groups is 2. The summed E-state index contributed by atoms with van der Waals surface area (Å²) < 4.78 is 47.9. The van der Waals surface area contributed by atoms with Gasteiger partial charge in [0, 0.05) is 30.1 Å². The van der Waals surface area contributed by atoms with Gasteiger partial charge in [0.05, 0.1) is 6.04 Å². The van der Waals surface area contributed by atoms with Crippen LogP contribution in [0.2, 0.25) is 0 Å². The van der Waals surface area contributed by atoms with Gasteiger partial charge in [-0.2, -0.15) is 13.2 Å². The molecule has 0 aromatic heterocycles. The second kappa shape index (κ2) is 9.52. The van der Waals surface area contributed by atoms with Gasteiger partial charge in [-0.05, 0) is 57.0 Å². The van der Waals surface area contributed by atoms with E-state index in [1.54, 1.807) is 6.08 Å². The van der Waals surface area contributed by atoms with Crippen molar-refractivity contribution >= 4 is 11.8 Å². The normalized spacial score (nSPS) is 24.3. The van der Waals surface area contributed by atoms with E-state index in [4.69, 9.17) is 4.74 Å². The van der Waals surface area contributed by atoms with Crippen LogP contribution in [-0.4, -0.2) is 49.1 Å². The SMILES string of the molecule is Cc1ccc2c(c1)Oc1cc(C)ccc1C2NC(=O)C1CC(C2=CCN(C)CC2)C(C(F)(F)F)NC1=O. The summed E-state index contributed by atoms with van der Waals surface area (Å²) in [5, 5.41) is 5.10. The average Bonchev–Trinajstić information content (AvgIpc) is 2.83. The van der Waals surface area contributed by atoms with Crippen LogP contribution in [0.15, 0.2) is 48.0 Å². The summed E-state index contributed by atoms with van der Waals surface area (Å²) in [5.41, 5.74) is 4.08. The highest BCUT2D eigenvalue weighted by molar-refractivity contribution is 6.01. The van der Waals surface area contributed by atoms with Crippen LogP contribution in [0.25, 0.3) is 0 Å². The van der Waals surface area contributed by atoms with Gasteiger partial charge in [-0.15, -0.1) is 0 Å². The first-order chi connectivity index (χ1) is 17.5.